The lowest BCUT2D eigenvalue weighted by molar-refractivity contribution is -0.117. The van der Waals surface area contributed by atoms with Crippen LogP contribution in [0.5, 0.6) is 17.2 Å². The predicted molar refractivity (Wildman–Crippen MR) is 107 cm³/mol. The first-order chi connectivity index (χ1) is 13.6. The quantitative estimate of drug-likeness (QED) is 0.513. The lowest BCUT2D eigenvalue weighted by Crippen LogP contribution is -2.27. The van der Waals surface area contributed by atoms with Gasteiger partial charge in [-0.15, -0.1) is 0 Å². The monoisotopic (exact) mass is 381 g/mol. The predicted octanol–water partition coefficient (Wildman–Crippen LogP) is 2.89. The van der Waals surface area contributed by atoms with Crippen molar-refractivity contribution in [3.05, 3.63) is 59.8 Å². The number of nitrogens with zero attached hydrogens (tertiary/aromatic N) is 1. The Balaban J connectivity index is 1.94. The zero-order chi connectivity index (χ0) is 20.4. The van der Waals surface area contributed by atoms with Crippen LogP contribution in [0, 0.1) is 11.3 Å². The number of hydrogen-bond acceptors (Lipinski definition) is 6. The Bertz CT molecular complexity index is 870. The number of hydrogen-bond donors (Lipinski definition) is 2. The van der Waals surface area contributed by atoms with Crippen LogP contribution in [-0.4, -0.2) is 33.8 Å². The van der Waals surface area contributed by atoms with Crippen molar-refractivity contribution >= 4 is 11.6 Å². The van der Waals surface area contributed by atoms with Crippen molar-refractivity contribution in [2.45, 2.75) is 6.42 Å². The maximum absolute atomic E-state index is 12.2. The second-order valence-electron chi connectivity index (χ2n) is 5.73. The fraction of sp³-hybridized carbons (Fsp3) is 0.238. The van der Waals surface area contributed by atoms with Crippen LogP contribution in [0.3, 0.4) is 0 Å². The highest BCUT2D eigenvalue weighted by molar-refractivity contribution is 5.97. The van der Waals surface area contributed by atoms with Crippen molar-refractivity contribution in [3.8, 4) is 23.3 Å². The van der Waals surface area contributed by atoms with Crippen molar-refractivity contribution in [3.63, 3.8) is 0 Å². The minimum atomic E-state index is -0.448. The molecule has 28 heavy (non-hydrogen) atoms. The number of nitriles is 1. The van der Waals surface area contributed by atoms with Gasteiger partial charge in [-0.2, -0.15) is 5.26 Å². The maximum atomic E-state index is 12.2. The molecule has 0 unspecified atom stereocenters. The third kappa shape index (κ3) is 5.68. The first-order valence-electron chi connectivity index (χ1n) is 8.61. The molecular formula is C21H23N3O4. The lowest BCUT2D eigenvalue weighted by atomic mass is 10.1. The molecule has 0 radical (unpaired) electrons. The molecule has 0 heterocycles. The van der Waals surface area contributed by atoms with Crippen LogP contribution in [0.1, 0.15) is 5.56 Å². The summed E-state index contributed by atoms with van der Waals surface area (Å²) in [5.74, 6) is 1.51. The molecule has 1 amide bonds. The molecule has 0 saturated carbocycles. The number of benzene rings is 2. The molecule has 146 valence electrons. The van der Waals surface area contributed by atoms with Crippen LogP contribution >= 0.6 is 0 Å². The van der Waals surface area contributed by atoms with Gasteiger partial charge in [0.2, 0.25) is 0 Å². The summed E-state index contributed by atoms with van der Waals surface area (Å²) in [6.07, 6.45) is 2.00. The third-order valence-electron chi connectivity index (χ3n) is 4.00. The Kier molecular flexibility index (Phi) is 7.73. The number of amides is 1. The third-order valence-corrected chi connectivity index (χ3v) is 4.00. The van der Waals surface area contributed by atoms with E-state index in [-0.39, 0.29) is 5.57 Å². The molecule has 2 aromatic rings. The topological polar surface area (TPSA) is 92.6 Å². The Morgan fingerprint density at radius 1 is 1.04 bits per heavy atom. The second-order valence-corrected chi connectivity index (χ2v) is 5.73. The van der Waals surface area contributed by atoms with Crippen molar-refractivity contribution in [2.75, 3.05) is 33.2 Å². The Labute approximate surface area is 164 Å². The molecule has 2 rings (SSSR count). The summed E-state index contributed by atoms with van der Waals surface area (Å²) in [5, 5.41) is 14.9. The number of rotatable bonds is 9. The fourth-order valence-electron chi connectivity index (χ4n) is 2.42. The molecule has 0 aliphatic heterocycles. The van der Waals surface area contributed by atoms with Crippen molar-refractivity contribution in [2.24, 2.45) is 0 Å². The highest BCUT2D eigenvalue weighted by atomic mass is 16.5. The minimum absolute atomic E-state index is 0.0346. The Morgan fingerprint density at radius 2 is 1.71 bits per heavy atom. The van der Waals surface area contributed by atoms with Crippen molar-refractivity contribution < 1.29 is 19.0 Å². The van der Waals surface area contributed by atoms with Gasteiger partial charge in [-0.3, -0.25) is 4.79 Å². The van der Waals surface area contributed by atoms with Crippen LogP contribution in [-0.2, 0) is 11.2 Å². The average Bonchev–Trinajstić information content (AvgIpc) is 2.74. The van der Waals surface area contributed by atoms with Gasteiger partial charge in [0.05, 0.1) is 27.0 Å². The number of methoxy groups -OCH3 is 3. The van der Waals surface area contributed by atoms with E-state index in [0.717, 1.165) is 11.3 Å². The van der Waals surface area contributed by atoms with E-state index in [1.807, 2.05) is 30.3 Å². The summed E-state index contributed by atoms with van der Waals surface area (Å²) in [6.45, 7) is 0.413. The number of carbonyl (C=O) groups excluding carboxylic acids is 1. The second kappa shape index (κ2) is 10.5. The minimum Gasteiger partial charge on any atom is -0.497 e. The van der Waals surface area contributed by atoms with Gasteiger partial charge < -0.3 is 24.8 Å². The zero-order valence-electron chi connectivity index (χ0n) is 16.1. The Hall–Kier alpha value is -3.66. The van der Waals surface area contributed by atoms with Gasteiger partial charge in [0, 0.05) is 18.8 Å². The molecule has 0 saturated heterocycles. The van der Waals surface area contributed by atoms with Crippen LogP contribution < -0.4 is 24.8 Å². The molecule has 2 aromatic carbocycles. The highest BCUT2D eigenvalue weighted by Crippen LogP contribution is 2.29. The highest BCUT2D eigenvalue weighted by Gasteiger charge is 2.10. The summed E-state index contributed by atoms with van der Waals surface area (Å²) in [7, 11) is 4.70. The summed E-state index contributed by atoms with van der Waals surface area (Å²) >= 11 is 0. The molecule has 2 N–H and O–H groups in total. The van der Waals surface area contributed by atoms with Crippen LogP contribution in [0.25, 0.3) is 0 Å². The van der Waals surface area contributed by atoms with Crippen LogP contribution in [0.15, 0.2) is 54.2 Å². The molecule has 7 nitrogen and oxygen atoms in total. The number of anilines is 1. The van der Waals surface area contributed by atoms with Crippen LogP contribution in [0.4, 0.5) is 5.69 Å². The summed E-state index contributed by atoms with van der Waals surface area (Å²) in [5.41, 5.74) is 1.64. The van der Waals surface area contributed by atoms with E-state index in [9.17, 15) is 10.1 Å². The fourth-order valence-corrected chi connectivity index (χ4v) is 2.42. The van der Waals surface area contributed by atoms with Crippen molar-refractivity contribution in [1.82, 2.24) is 5.32 Å². The van der Waals surface area contributed by atoms with E-state index in [2.05, 4.69) is 10.6 Å². The molecule has 0 fully saturated rings. The van der Waals surface area contributed by atoms with Crippen molar-refractivity contribution in [1.29, 1.82) is 5.26 Å². The molecule has 0 bridgehead atoms. The standard InChI is InChI=1S/C21H23N3O4/c1-26-17-6-4-15(5-7-17)10-11-23-21(25)16(13-22)14-24-19-9-8-18(27-2)12-20(19)28-3/h4-9,12,14,24H,10-11H2,1-3H3,(H,23,25)/b16-14-. The van der Waals surface area contributed by atoms with Gasteiger partial charge in [-0.1, -0.05) is 12.1 Å². The van der Waals surface area contributed by atoms with Gasteiger partial charge >= 0.3 is 0 Å². The van der Waals surface area contributed by atoms with Crippen LogP contribution in [0.2, 0.25) is 0 Å². The molecule has 0 aliphatic carbocycles. The van der Waals surface area contributed by atoms with E-state index in [1.165, 1.54) is 13.3 Å². The van der Waals surface area contributed by atoms with Gasteiger partial charge in [0.1, 0.15) is 28.9 Å². The molecule has 0 aromatic heterocycles. The maximum Gasteiger partial charge on any atom is 0.263 e. The summed E-state index contributed by atoms with van der Waals surface area (Å²) in [4.78, 5) is 12.2. The van der Waals surface area contributed by atoms with E-state index in [0.29, 0.717) is 30.2 Å². The lowest BCUT2D eigenvalue weighted by Gasteiger charge is -2.10. The van der Waals surface area contributed by atoms with E-state index >= 15 is 0 Å². The van der Waals surface area contributed by atoms with E-state index in [1.54, 1.807) is 32.4 Å². The largest absolute Gasteiger partial charge is 0.497 e. The molecule has 0 atom stereocenters. The van der Waals surface area contributed by atoms with Gasteiger partial charge in [-0.05, 0) is 36.2 Å². The first-order valence-corrected chi connectivity index (χ1v) is 8.61. The summed E-state index contributed by atoms with van der Waals surface area (Å²) < 4.78 is 15.5. The van der Waals surface area contributed by atoms with E-state index in [4.69, 9.17) is 14.2 Å². The molecule has 0 aliphatic rings. The number of ether oxygens (including phenoxy) is 3. The van der Waals surface area contributed by atoms with E-state index < -0.39 is 5.91 Å². The molecular weight excluding hydrogens is 358 g/mol. The number of nitrogens with one attached hydrogen (secondary N) is 2. The van der Waals surface area contributed by atoms with Gasteiger partial charge in [0.15, 0.2) is 0 Å². The van der Waals surface area contributed by atoms with Gasteiger partial charge in [-0.25, -0.2) is 0 Å². The normalized spacial score (nSPS) is 10.6. The Morgan fingerprint density at radius 3 is 2.32 bits per heavy atom. The average molecular weight is 381 g/mol. The zero-order valence-corrected chi connectivity index (χ0v) is 16.1. The molecule has 0 spiro atoms. The number of carbonyl (C=O) groups is 1. The smallest absolute Gasteiger partial charge is 0.263 e. The summed E-state index contributed by atoms with van der Waals surface area (Å²) in [6, 6.07) is 14.7. The molecule has 7 heteroatoms. The first kappa shape index (κ1) is 20.6. The SMILES string of the molecule is COc1ccc(CCNC(=O)/C(C#N)=C\Nc2ccc(OC)cc2OC)cc1. The van der Waals surface area contributed by atoms with Gasteiger partial charge in [0.25, 0.3) is 5.91 Å².